The molecule has 0 aliphatic heterocycles. The lowest BCUT2D eigenvalue weighted by Crippen LogP contribution is -2.38. The Morgan fingerprint density at radius 3 is 2.60 bits per heavy atom. The number of rotatable bonds is 3. The summed E-state index contributed by atoms with van der Waals surface area (Å²) in [6.45, 7) is 4.57. The van der Waals surface area contributed by atoms with Crippen LogP contribution in [0.15, 0.2) is 12.3 Å². The van der Waals surface area contributed by atoms with Crippen molar-refractivity contribution in [1.82, 2.24) is 4.98 Å². The molecule has 20 heavy (non-hydrogen) atoms. The molecule has 5 heteroatoms. The van der Waals surface area contributed by atoms with Crippen molar-refractivity contribution in [3.63, 3.8) is 0 Å². The first-order valence-electron chi connectivity index (χ1n) is 7.02. The van der Waals surface area contributed by atoms with Gasteiger partial charge in [0.1, 0.15) is 11.4 Å². The average Bonchev–Trinajstić information content (AvgIpc) is 2.37. The maximum atomic E-state index is 11.3. The number of anilines is 2. The number of nitrogens with two attached hydrogens (primary N) is 1. The number of hydrogen-bond acceptors (Lipinski definition) is 4. The quantitative estimate of drug-likeness (QED) is 0.888. The second-order valence-electron chi connectivity index (χ2n) is 6.45. The number of hydrogen-bond donors (Lipinski definition) is 2. The second-order valence-corrected chi connectivity index (χ2v) is 6.45. The Labute approximate surface area is 119 Å². The lowest BCUT2D eigenvalue weighted by Gasteiger charge is -2.39. The highest BCUT2D eigenvalue weighted by atomic mass is 16.4. The van der Waals surface area contributed by atoms with Crippen molar-refractivity contribution in [2.45, 2.75) is 45.6 Å². The van der Waals surface area contributed by atoms with E-state index in [0.29, 0.717) is 23.0 Å². The largest absolute Gasteiger partial charge is 0.478 e. The maximum Gasteiger partial charge on any atom is 0.339 e. The van der Waals surface area contributed by atoms with Gasteiger partial charge in [-0.05, 0) is 37.2 Å². The van der Waals surface area contributed by atoms with E-state index in [0.717, 1.165) is 25.7 Å². The first-order chi connectivity index (χ1) is 9.30. The van der Waals surface area contributed by atoms with Crippen molar-refractivity contribution < 1.29 is 9.90 Å². The van der Waals surface area contributed by atoms with Crippen LogP contribution in [-0.4, -0.2) is 29.1 Å². The molecular weight excluding hydrogens is 254 g/mol. The van der Waals surface area contributed by atoms with Crippen molar-refractivity contribution in [3.05, 3.63) is 17.8 Å². The Morgan fingerprint density at radius 1 is 1.45 bits per heavy atom. The monoisotopic (exact) mass is 277 g/mol. The fourth-order valence-corrected chi connectivity index (χ4v) is 2.86. The van der Waals surface area contributed by atoms with Crippen molar-refractivity contribution in [3.8, 4) is 0 Å². The molecule has 0 unspecified atom stereocenters. The number of carbonyl (C=O) groups is 1. The fraction of sp³-hybridized carbons (Fsp3) is 0.600. The van der Waals surface area contributed by atoms with Crippen LogP contribution in [0.2, 0.25) is 0 Å². The number of aromatic nitrogens is 1. The molecule has 0 atom stereocenters. The topological polar surface area (TPSA) is 79.5 Å². The Kier molecular flexibility index (Phi) is 3.88. The molecule has 1 fully saturated rings. The van der Waals surface area contributed by atoms with E-state index < -0.39 is 5.97 Å². The lowest BCUT2D eigenvalue weighted by atomic mass is 9.75. The van der Waals surface area contributed by atoms with Crippen LogP contribution in [0.3, 0.4) is 0 Å². The van der Waals surface area contributed by atoms with Gasteiger partial charge in [-0.1, -0.05) is 13.8 Å². The number of aromatic carboxylic acids is 1. The van der Waals surface area contributed by atoms with E-state index in [9.17, 15) is 9.90 Å². The van der Waals surface area contributed by atoms with E-state index in [1.165, 1.54) is 12.3 Å². The Hall–Kier alpha value is -1.78. The van der Waals surface area contributed by atoms with Gasteiger partial charge in [0.2, 0.25) is 0 Å². The number of carboxylic acid groups (broad SMARTS) is 1. The fourth-order valence-electron chi connectivity index (χ4n) is 2.86. The maximum absolute atomic E-state index is 11.3. The van der Waals surface area contributed by atoms with Gasteiger partial charge in [0.25, 0.3) is 0 Å². The molecule has 1 heterocycles. The van der Waals surface area contributed by atoms with E-state index in [2.05, 4.69) is 18.8 Å². The first-order valence-corrected chi connectivity index (χ1v) is 7.02. The molecule has 1 aliphatic carbocycles. The molecule has 2 rings (SSSR count). The molecule has 0 radical (unpaired) electrons. The normalized spacial score (nSPS) is 18.8. The molecule has 1 aliphatic rings. The summed E-state index contributed by atoms with van der Waals surface area (Å²) in [5.41, 5.74) is 6.58. The first kappa shape index (κ1) is 14.6. The van der Waals surface area contributed by atoms with Gasteiger partial charge in [0, 0.05) is 13.1 Å². The van der Waals surface area contributed by atoms with E-state index in [1.807, 2.05) is 11.9 Å². The van der Waals surface area contributed by atoms with Gasteiger partial charge in [0.05, 0.1) is 11.9 Å². The predicted molar refractivity (Wildman–Crippen MR) is 80.0 cm³/mol. The van der Waals surface area contributed by atoms with Gasteiger partial charge in [-0.25, -0.2) is 9.78 Å². The number of nitrogen functional groups attached to an aromatic ring is 1. The third kappa shape index (κ3) is 3.03. The highest BCUT2D eigenvalue weighted by molar-refractivity contribution is 5.94. The van der Waals surface area contributed by atoms with Crippen molar-refractivity contribution in [1.29, 1.82) is 0 Å². The molecule has 1 aromatic rings. The molecule has 3 N–H and O–H groups in total. The highest BCUT2D eigenvalue weighted by Crippen LogP contribution is 2.37. The number of nitrogens with zero attached hydrogens (tertiary/aromatic N) is 2. The molecule has 0 spiro atoms. The number of pyridine rings is 1. The molecule has 5 nitrogen and oxygen atoms in total. The van der Waals surface area contributed by atoms with E-state index in [-0.39, 0.29) is 5.56 Å². The van der Waals surface area contributed by atoms with E-state index in [1.54, 1.807) is 0 Å². The van der Waals surface area contributed by atoms with Gasteiger partial charge < -0.3 is 15.7 Å². The molecule has 0 bridgehead atoms. The Bertz CT molecular complexity index is 504. The van der Waals surface area contributed by atoms with Crippen LogP contribution in [0.25, 0.3) is 0 Å². The minimum atomic E-state index is -0.984. The highest BCUT2D eigenvalue weighted by Gasteiger charge is 2.30. The third-order valence-corrected chi connectivity index (χ3v) is 4.31. The summed E-state index contributed by atoms with van der Waals surface area (Å²) in [6, 6.07) is 1.82. The van der Waals surface area contributed by atoms with Crippen LogP contribution < -0.4 is 10.6 Å². The molecule has 0 saturated heterocycles. The van der Waals surface area contributed by atoms with Crippen LogP contribution >= 0.6 is 0 Å². The molecule has 0 amide bonds. The van der Waals surface area contributed by atoms with Crippen molar-refractivity contribution >= 4 is 17.5 Å². The summed E-state index contributed by atoms with van der Waals surface area (Å²) in [7, 11) is 1.92. The van der Waals surface area contributed by atoms with Crippen molar-refractivity contribution in [2.24, 2.45) is 5.41 Å². The zero-order valence-corrected chi connectivity index (χ0v) is 12.4. The molecule has 1 aromatic heterocycles. The predicted octanol–water partition coefficient (Wildman–Crippen LogP) is 2.77. The van der Waals surface area contributed by atoms with Crippen LogP contribution in [0, 0.1) is 5.41 Å². The van der Waals surface area contributed by atoms with Crippen LogP contribution in [0.5, 0.6) is 0 Å². The molecule has 1 saturated carbocycles. The summed E-state index contributed by atoms with van der Waals surface area (Å²) < 4.78 is 0. The number of carboxylic acids is 1. The average molecular weight is 277 g/mol. The SMILES string of the molecule is CN(c1ncc(N)cc1C(=O)O)C1CCC(C)(C)CC1. The van der Waals surface area contributed by atoms with Gasteiger partial charge >= 0.3 is 5.97 Å². The van der Waals surface area contributed by atoms with Gasteiger partial charge in [-0.3, -0.25) is 0 Å². The summed E-state index contributed by atoms with van der Waals surface area (Å²) in [4.78, 5) is 17.6. The molecule has 110 valence electrons. The minimum absolute atomic E-state index is 0.178. The van der Waals surface area contributed by atoms with Crippen LogP contribution in [-0.2, 0) is 0 Å². The van der Waals surface area contributed by atoms with Crippen LogP contribution in [0.4, 0.5) is 11.5 Å². The summed E-state index contributed by atoms with van der Waals surface area (Å²) in [5.74, 6) is -0.473. The van der Waals surface area contributed by atoms with Gasteiger partial charge in [-0.2, -0.15) is 0 Å². The summed E-state index contributed by atoms with van der Waals surface area (Å²) in [5, 5.41) is 9.30. The Balaban J connectivity index is 2.21. The lowest BCUT2D eigenvalue weighted by molar-refractivity contribution is 0.0697. The van der Waals surface area contributed by atoms with Crippen LogP contribution in [0.1, 0.15) is 49.9 Å². The van der Waals surface area contributed by atoms with E-state index in [4.69, 9.17) is 5.73 Å². The summed E-state index contributed by atoms with van der Waals surface area (Å²) >= 11 is 0. The smallest absolute Gasteiger partial charge is 0.339 e. The van der Waals surface area contributed by atoms with Crippen molar-refractivity contribution in [2.75, 3.05) is 17.7 Å². The third-order valence-electron chi connectivity index (χ3n) is 4.31. The molecule has 0 aromatic carbocycles. The van der Waals surface area contributed by atoms with E-state index >= 15 is 0 Å². The standard InChI is InChI=1S/C15H23N3O2/c1-15(2)6-4-11(5-7-15)18(3)13-12(14(19)20)8-10(16)9-17-13/h8-9,11H,4-7,16H2,1-3H3,(H,19,20). The van der Waals surface area contributed by atoms with Gasteiger partial charge in [-0.15, -0.1) is 0 Å². The summed E-state index contributed by atoms with van der Waals surface area (Å²) in [6.07, 6.45) is 5.95. The zero-order chi connectivity index (χ0) is 14.9. The van der Waals surface area contributed by atoms with Gasteiger partial charge in [0.15, 0.2) is 0 Å². The Morgan fingerprint density at radius 2 is 2.05 bits per heavy atom. The second kappa shape index (κ2) is 5.31. The zero-order valence-electron chi connectivity index (χ0n) is 12.4. The molecular formula is C15H23N3O2. The minimum Gasteiger partial charge on any atom is -0.478 e.